The molecule has 6 heteroatoms. The SMILES string of the molecule is O=C(CCc1ccccc1Br)Nc1ccc(CC(=O)N2CCOCC2)cc1. The number of nitrogens with one attached hydrogen (secondary N) is 1. The van der Waals surface area contributed by atoms with E-state index in [-0.39, 0.29) is 11.8 Å². The van der Waals surface area contributed by atoms with Crippen molar-refractivity contribution in [3.8, 4) is 0 Å². The lowest BCUT2D eigenvalue weighted by Crippen LogP contribution is -2.41. The van der Waals surface area contributed by atoms with Crippen molar-refractivity contribution in [2.75, 3.05) is 31.6 Å². The van der Waals surface area contributed by atoms with Crippen molar-refractivity contribution in [3.63, 3.8) is 0 Å². The van der Waals surface area contributed by atoms with E-state index in [1.165, 1.54) is 0 Å². The van der Waals surface area contributed by atoms with Crippen LogP contribution in [0, 0.1) is 0 Å². The predicted octanol–water partition coefficient (Wildman–Crippen LogP) is 3.42. The van der Waals surface area contributed by atoms with Crippen LogP contribution in [0.3, 0.4) is 0 Å². The normalized spacial score (nSPS) is 14.0. The van der Waals surface area contributed by atoms with Crippen molar-refractivity contribution in [1.82, 2.24) is 4.90 Å². The van der Waals surface area contributed by atoms with Gasteiger partial charge in [-0.3, -0.25) is 9.59 Å². The van der Waals surface area contributed by atoms with Gasteiger partial charge >= 0.3 is 0 Å². The van der Waals surface area contributed by atoms with Crippen molar-refractivity contribution >= 4 is 33.4 Å². The maximum absolute atomic E-state index is 12.3. The summed E-state index contributed by atoms with van der Waals surface area (Å²) in [7, 11) is 0. The molecule has 1 saturated heterocycles. The van der Waals surface area contributed by atoms with Crippen LogP contribution in [0.5, 0.6) is 0 Å². The van der Waals surface area contributed by atoms with Crippen LogP contribution in [0.2, 0.25) is 0 Å². The molecule has 1 fully saturated rings. The van der Waals surface area contributed by atoms with Crippen LogP contribution in [0.1, 0.15) is 17.5 Å². The van der Waals surface area contributed by atoms with E-state index in [4.69, 9.17) is 4.74 Å². The Kier molecular flexibility index (Phi) is 7.01. The molecular formula is C21H23BrN2O3. The van der Waals surface area contributed by atoms with E-state index in [0.29, 0.717) is 45.6 Å². The third-order valence-electron chi connectivity index (χ3n) is 4.54. The van der Waals surface area contributed by atoms with Crippen molar-refractivity contribution in [3.05, 3.63) is 64.1 Å². The zero-order valence-corrected chi connectivity index (χ0v) is 16.7. The van der Waals surface area contributed by atoms with E-state index in [1.807, 2.05) is 53.4 Å². The number of amides is 2. The fraction of sp³-hybridized carbons (Fsp3) is 0.333. The second-order valence-corrected chi connectivity index (χ2v) is 7.36. The number of aryl methyl sites for hydroxylation is 1. The summed E-state index contributed by atoms with van der Waals surface area (Å²) >= 11 is 3.50. The van der Waals surface area contributed by atoms with E-state index in [2.05, 4.69) is 21.2 Å². The first kappa shape index (κ1) is 19.6. The number of halogens is 1. The molecule has 2 aromatic rings. The maximum Gasteiger partial charge on any atom is 0.227 e. The second-order valence-electron chi connectivity index (χ2n) is 6.51. The summed E-state index contributed by atoms with van der Waals surface area (Å²) in [6, 6.07) is 15.4. The van der Waals surface area contributed by atoms with Gasteiger partial charge in [0.15, 0.2) is 0 Å². The van der Waals surface area contributed by atoms with Gasteiger partial charge in [0.05, 0.1) is 19.6 Å². The summed E-state index contributed by atoms with van der Waals surface area (Å²) in [4.78, 5) is 26.3. The monoisotopic (exact) mass is 430 g/mol. The Labute approximate surface area is 167 Å². The molecule has 3 rings (SSSR count). The number of carbonyl (C=O) groups is 2. The number of rotatable bonds is 6. The molecule has 5 nitrogen and oxygen atoms in total. The van der Waals surface area contributed by atoms with Gasteiger partial charge < -0.3 is 15.0 Å². The predicted molar refractivity (Wildman–Crippen MR) is 109 cm³/mol. The fourth-order valence-electron chi connectivity index (χ4n) is 2.98. The van der Waals surface area contributed by atoms with Gasteiger partial charge in [-0.05, 0) is 35.7 Å². The molecule has 1 aliphatic rings. The fourth-order valence-corrected chi connectivity index (χ4v) is 3.46. The summed E-state index contributed by atoms with van der Waals surface area (Å²) in [6.07, 6.45) is 1.47. The molecule has 1 N–H and O–H groups in total. The van der Waals surface area contributed by atoms with E-state index < -0.39 is 0 Å². The number of benzene rings is 2. The number of anilines is 1. The molecule has 2 amide bonds. The molecule has 0 unspecified atom stereocenters. The van der Waals surface area contributed by atoms with E-state index in [1.54, 1.807) is 0 Å². The van der Waals surface area contributed by atoms with Gasteiger partial charge in [-0.2, -0.15) is 0 Å². The highest BCUT2D eigenvalue weighted by Gasteiger charge is 2.16. The Bertz CT molecular complexity index is 786. The average molecular weight is 431 g/mol. The minimum atomic E-state index is -0.0251. The third kappa shape index (κ3) is 5.91. The van der Waals surface area contributed by atoms with Crippen LogP contribution in [-0.4, -0.2) is 43.0 Å². The number of carbonyl (C=O) groups excluding carboxylic acids is 2. The molecule has 0 radical (unpaired) electrons. The highest BCUT2D eigenvalue weighted by molar-refractivity contribution is 9.10. The van der Waals surface area contributed by atoms with Crippen molar-refractivity contribution in [2.45, 2.75) is 19.3 Å². The van der Waals surface area contributed by atoms with E-state index in [0.717, 1.165) is 21.3 Å². The summed E-state index contributed by atoms with van der Waals surface area (Å²) in [6.45, 7) is 2.53. The summed E-state index contributed by atoms with van der Waals surface area (Å²) in [5.74, 6) is 0.0893. The number of ether oxygens (including phenoxy) is 1. The van der Waals surface area contributed by atoms with Gasteiger partial charge in [-0.25, -0.2) is 0 Å². The molecule has 0 aliphatic carbocycles. The minimum Gasteiger partial charge on any atom is -0.378 e. The number of hydrogen-bond acceptors (Lipinski definition) is 3. The number of hydrogen-bond donors (Lipinski definition) is 1. The summed E-state index contributed by atoms with van der Waals surface area (Å²) in [5, 5.41) is 2.91. The van der Waals surface area contributed by atoms with Crippen LogP contribution in [0.15, 0.2) is 53.0 Å². The summed E-state index contributed by atoms with van der Waals surface area (Å²) < 4.78 is 6.29. The maximum atomic E-state index is 12.3. The third-order valence-corrected chi connectivity index (χ3v) is 5.31. The second kappa shape index (κ2) is 9.67. The van der Waals surface area contributed by atoms with Crippen LogP contribution in [0.25, 0.3) is 0 Å². The zero-order valence-electron chi connectivity index (χ0n) is 15.1. The lowest BCUT2D eigenvalue weighted by Gasteiger charge is -2.26. The first-order chi connectivity index (χ1) is 13.1. The standard InChI is InChI=1S/C21H23BrN2O3/c22-19-4-2-1-3-17(19)7-10-20(25)23-18-8-5-16(6-9-18)15-21(26)24-11-13-27-14-12-24/h1-6,8-9H,7,10-15H2,(H,23,25). The lowest BCUT2D eigenvalue weighted by molar-refractivity contribution is -0.134. The summed E-state index contributed by atoms with van der Waals surface area (Å²) in [5.41, 5.74) is 2.80. The van der Waals surface area contributed by atoms with Crippen LogP contribution in [-0.2, 0) is 27.2 Å². The molecule has 27 heavy (non-hydrogen) atoms. The van der Waals surface area contributed by atoms with Gasteiger partial charge in [0, 0.05) is 29.7 Å². The molecule has 0 saturated carbocycles. The Morgan fingerprint density at radius 3 is 2.44 bits per heavy atom. The minimum absolute atomic E-state index is 0.0251. The molecule has 1 aliphatic heterocycles. The zero-order chi connectivity index (χ0) is 19.1. The van der Waals surface area contributed by atoms with E-state index >= 15 is 0 Å². The first-order valence-electron chi connectivity index (χ1n) is 9.09. The number of morpholine rings is 1. The topological polar surface area (TPSA) is 58.6 Å². The highest BCUT2D eigenvalue weighted by atomic mass is 79.9. The van der Waals surface area contributed by atoms with Crippen LogP contribution >= 0.6 is 15.9 Å². The van der Waals surface area contributed by atoms with Gasteiger partial charge in [-0.1, -0.05) is 46.3 Å². The smallest absolute Gasteiger partial charge is 0.227 e. The lowest BCUT2D eigenvalue weighted by atomic mass is 10.1. The van der Waals surface area contributed by atoms with Crippen LogP contribution < -0.4 is 5.32 Å². The van der Waals surface area contributed by atoms with Crippen molar-refractivity contribution in [1.29, 1.82) is 0 Å². The Morgan fingerprint density at radius 1 is 1.04 bits per heavy atom. The molecule has 1 heterocycles. The Hall–Kier alpha value is -2.18. The number of nitrogens with zero attached hydrogens (tertiary/aromatic N) is 1. The molecular weight excluding hydrogens is 408 g/mol. The van der Waals surface area contributed by atoms with Crippen molar-refractivity contribution in [2.24, 2.45) is 0 Å². The molecule has 0 bridgehead atoms. The first-order valence-corrected chi connectivity index (χ1v) is 9.89. The van der Waals surface area contributed by atoms with Gasteiger partial charge in [0.2, 0.25) is 11.8 Å². The molecule has 2 aromatic carbocycles. The van der Waals surface area contributed by atoms with Crippen LogP contribution in [0.4, 0.5) is 5.69 Å². The molecule has 0 atom stereocenters. The van der Waals surface area contributed by atoms with Gasteiger partial charge in [0.1, 0.15) is 0 Å². The van der Waals surface area contributed by atoms with Crippen molar-refractivity contribution < 1.29 is 14.3 Å². The highest BCUT2D eigenvalue weighted by Crippen LogP contribution is 2.18. The van der Waals surface area contributed by atoms with Gasteiger partial charge in [-0.15, -0.1) is 0 Å². The quantitative estimate of drug-likeness (QED) is 0.763. The van der Waals surface area contributed by atoms with Gasteiger partial charge in [0.25, 0.3) is 0 Å². The Morgan fingerprint density at radius 2 is 1.74 bits per heavy atom. The average Bonchev–Trinajstić information content (AvgIpc) is 2.69. The molecule has 142 valence electrons. The molecule has 0 spiro atoms. The largest absolute Gasteiger partial charge is 0.378 e. The van der Waals surface area contributed by atoms with E-state index in [9.17, 15) is 9.59 Å². The molecule has 0 aromatic heterocycles. The Balaban J connectivity index is 1.47.